The highest BCUT2D eigenvalue weighted by Gasteiger charge is 2.41. The second-order valence-corrected chi connectivity index (χ2v) is 4.30. The predicted molar refractivity (Wildman–Crippen MR) is 61.3 cm³/mol. The van der Waals surface area contributed by atoms with Crippen LogP contribution in [0.5, 0.6) is 0 Å². The Morgan fingerprint density at radius 2 is 2.06 bits per heavy atom. The summed E-state index contributed by atoms with van der Waals surface area (Å²) in [6.07, 6.45) is -0.373. The van der Waals surface area contributed by atoms with E-state index in [0.29, 0.717) is 11.2 Å². The number of fused-ring (bicyclic) bond motifs is 1. The molecule has 1 unspecified atom stereocenters. The summed E-state index contributed by atoms with van der Waals surface area (Å²) in [5, 5.41) is 19.6. The van der Waals surface area contributed by atoms with Crippen LogP contribution in [-0.4, -0.2) is 48.0 Å². The van der Waals surface area contributed by atoms with Crippen LogP contribution in [0.25, 0.3) is 11.2 Å². The molecule has 96 valence electrons. The quantitative estimate of drug-likeness (QED) is 0.597. The largest absolute Gasteiger partial charge is 0.388 e. The summed E-state index contributed by atoms with van der Waals surface area (Å²) in [7, 11) is 0. The molecular formula is C10H13N5O3. The van der Waals surface area contributed by atoms with Gasteiger partial charge in [-0.15, -0.1) is 0 Å². The molecule has 1 aliphatic rings. The van der Waals surface area contributed by atoms with E-state index in [9.17, 15) is 10.2 Å². The molecule has 0 bridgehead atoms. The Labute approximate surface area is 102 Å². The lowest BCUT2D eigenvalue weighted by atomic mass is 10.1. The van der Waals surface area contributed by atoms with Gasteiger partial charge in [-0.25, -0.2) is 15.0 Å². The molecule has 4 atom stereocenters. The van der Waals surface area contributed by atoms with E-state index in [1.54, 1.807) is 11.5 Å². The van der Waals surface area contributed by atoms with E-state index in [4.69, 9.17) is 10.5 Å². The Morgan fingerprint density at radius 3 is 2.72 bits per heavy atom. The van der Waals surface area contributed by atoms with Gasteiger partial charge in [0, 0.05) is 0 Å². The maximum Gasteiger partial charge on any atom is 0.167 e. The second-order valence-electron chi connectivity index (χ2n) is 4.30. The molecule has 0 aromatic carbocycles. The monoisotopic (exact) mass is 251 g/mol. The van der Waals surface area contributed by atoms with Crippen molar-refractivity contribution in [2.45, 2.75) is 31.5 Å². The normalized spacial score (nSPS) is 32.2. The number of ether oxygens (including phenoxy) is 1. The van der Waals surface area contributed by atoms with Gasteiger partial charge in [-0.2, -0.15) is 0 Å². The molecule has 1 fully saturated rings. The summed E-state index contributed by atoms with van der Waals surface area (Å²) in [6.45, 7) is 1.69. The fourth-order valence-corrected chi connectivity index (χ4v) is 2.11. The molecule has 0 spiro atoms. The Balaban J connectivity index is 2.08. The number of aromatic nitrogens is 4. The third-order valence-corrected chi connectivity index (χ3v) is 3.14. The number of hydrogen-bond donors (Lipinski definition) is 3. The molecule has 1 saturated heterocycles. The molecule has 3 rings (SSSR count). The first-order valence-electron chi connectivity index (χ1n) is 5.54. The zero-order valence-corrected chi connectivity index (χ0v) is 9.63. The highest BCUT2D eigenvalue weighted by Crippen LogP contribution is 2.31. The molecular weight excluding hydrogens is 238 g/mol. The third-order valence-electron chi connectivity index (χ3n) is 3.14. The maximum atomic E-state index is 9.93. The van der Waals surface area contributed by atoms with Crippen LogP contribution >= 0.6 is 0 Å². The number of imidazole rings is 1. The zero-order valence-electron chi connectivity index (χ0n) is 9.63. The second kappa shape index (κ2) is 3.87. The number of hydrogen-bond acceptors (Lipinski definition) is 7. The topological polar surface area (TPSA) is 119 Å². The van der Waals surface area contributed by atoms with Crippen molar-refractivity contribution >= 4 is 17.0 Å². The maximum absolute atomic E-state index is 9.93. The van der Waals surface area contributed by atoms with E-state index >= 15 is 0 Å². The molecule has 8 heteroatoms. The van der Waals surface area contributed by atoms with Crippen molar-refractivity contribution in [3.63, 3.8) is 0 Å². The van der Waals surface area contributed by atoms with E-state index < -0.39 is 24.5 Å². The molecule has 3 heterocycles. The predicted octanol–water partition coefficient (Wildman–Crippen LogP) is -0.952. The van der Waals surface area contributed by atoms with E-state index in [1.807, 2.05) is 0 Å². The van der Waals surface area contributed by atoms with Crippen molar-refractivity contribution in [1.82, 2.24) is 19.5 Å². The summed E-state index contributed by atoms with van der Waals surface area (Å²) >= 11 is 0. The average Bonchev–Trinajstić information content (AvgIpc) is 2.88. The summed E-state index contributed by atoms with van der Waals surface area (Å²) in [4.78, 5) is 12.0. The van der Waals surface area contributed by atoms with Gasteiger partial charge in [0.25, 0.3) is 0 Å². The van der Waals surface area contributed by atoms with Gasteiger partial charge >= 0.3 is 0 Å². The lowest BCUT2D eigenvalue weighted by Crippen LogP contribution is -2.30. The molecule has 1 aliphatic heterocycles. The number of nitrogens with zero attached hydrogens (tertiary/aromatic N) is 4. The first kappa shape index (κ1) is 11.3. The first-order chi connectivity index (χ1) is 8.59. The molecule has 2 aromatic rings. The van der Waals surface area contributed by atoms with Crippen LogP contribution in [0.3, 0.4) is 0 Å². The average molecular weight is 251 g/mol. The summed E-state index contributed by atoms with van der Waals surface area (Å²) < 4.78 is 7.05. The van der Waals surface area contributed by atoms with Gasteiger partial charge in [0.2, 0.25) is 0 Å². The smallest absolute Gasteiger partial charge is 0.167 e. The van der Waals surface area contributed by atoms with Gasteiger partial charge in [-0.05, 0) is 6.92 Å². The third kappa shape index (κ3) is 1.47. The number of nitrogens with two attached hydrogens (primary N) is 1. The van der Waals surface area contributed by atoms with Crippen LogP contribution < -0.4 is 5.73 Å². The molecule has 0 saturated carbocycles. The van der Waals surface area contributed by atoms with Gasteiger partial charge in [0.15, 0.2) is 17.7 Å². The fourth-order valence-electron chi connectivity index (χ4n) is 2.11. The molecule has 0 aliphatic carbocycles. The standard InChI is InChI=1S/C10H13N5O3/c1-4-6(16)7(17)10(18-4)15-3-14-5-8(11)12-2-13-9(5)15/h2-4,6-7,10,16-17H,1H3,(H2,11,12,13)/t4-,6+,7?,10-/m1/s1. The minimum atomic E-state index is -1.03. The van der Waals surface area contributed by atoms with Gasteiger partial charge in [-0.3, -0.25) is 4.57 Å². The summed E-state index contributed by atoms with van der Waals surface area (Å²) in [5.41, 5.74) is 6.59. The molecule has 0 radical (unpaired) electrons. The Kier molecular flexibility index (Phi) is 2.44. The van der Waals surface area contributed by atoms with Gasteiger partial charge < -0.3 is 20.7 Å². The van der Waals surface area contributed by atoms with Crippen LogP contribution in [-0.2, 0) is 4.74 Å². The number of aliphatic hydroxyl groups excluding tert-OH is 2. The summed E-state index contributed by atoms with van der Waals surface area (Å²) in [6, 6.07) is 0. The number of anilines is 1. The number of aliphatic hydroxyl groups is 2. The Hall–Kier alpha value is -1.77. The molecule has 8 nitrogen and oxygen atoms in total. The minimum absolute atomic E-state index is 0.264. The van der Waals surface area contributed by atoms with Crippen molar-refractivity contribution in [2.75, 3.05) is 5.73 Å². The van der Waals surface area contributed by atoms with Crippen LogP contribution in [0.1, 0.15) is 13.2 Å². The van der Waals surface area contributed by atoms with Crippen LogP contribution in [0.15, 0.2) is 12.7 Å². The van der Waals surface area contributed by atoms with Gasteiger partial charge in [0.1, 0.15) is 24.1 Å². The minimum Gasteiger partial charge on any atom is -0.388 e. The Bertz CT molecular complexity index is 586. The molecule has 4 N–H and O–H groups in total. The van der Waals surface area contributed by atoms with Crippen LogP contribution in [0.2, 0.25) is 0 Å². The number of nitrogen functional groups attached to an aromatic ring is 1. The lowest BCUT2D eigenvalue weighted by Gasteiger charge is -2.16. The molecule has 0 amide bonds. The summed E-state index contributed by atoms with van der Waals surface area (Å²) in [5.74, 6) is 0.264. The van der Waals surface area contributed by atoms with E-state index in [0.717, 1.165) is 0 Å². The van der Waals surface area contributed by atoms with Gasteiger partial charge in [0.05, 0.1) is 12.4 Å². The first-order valence-corrected chi connectivity index (χ1v) is 5.54. The highest BCUT2D eigenvalue weighted by molar-refractivity contribution is 5.81. The van der Waals surface area contributed by atoms with Crippen molar-refractivity contribution in [2.24, 2.45) is 0 Å². The van der Waals surface area contributed by atoms with Crippen molar-refractivity contribution < 1.29 is 14.9 Å². The van der Waals surface area contributed by atoms with E-state index in [2.05, 4.69) is 15.0 Å². The highest BCUT2D eigenvalue weighted by atomic mass is 16.6. The Morgan fingerprint density at radius 1 is 1.28 bits per heavy atom. The van der Waals surface area contributed by atoms with Gasteiger partial charge in [-0.1, -0.05) is 0 Å². The fraction of sp³-hybridized carbons (Fsp3) is 0.500. The SMILES string of the molecule is C[C@H]1O[C@@H](n2cnc3c(N)ncnc32)C(O)[C@H]1O. The lowest BCUT2D eigenvalue weighted by molar-refractivity contribution is -0.0299. The molecule has 2 aromatic heterocycles. The number of rotatable bonds is 1. The zero-order chi connectivity index (χ0) is 12.9. The van der Waals surface area contributed by atoms with Crippen molar-refractivity contribution in [3.05, 3.63) is 12.7 Å². The molecule has 18 heavy (non-hydrogen) atoms. The van der Waals surface area contributed by atoms with E-state index in [-0.39, 0.29) is 5.82 Å². The van der Waals surface area contributed by atoms with Crippen molar-refractivity contribution in [1.29, 1.82) is 0 Å². The van der Waals surface area contributed by atoms with E-state index in [1.165, 1.54) is 12.7 Å². The van der Waals surface area contributed by atoms with Crippen LogP contribution in [0.4, 0.5) is 5.82 Å². The van der Waals surface area contributed by atoms with Crippen molar-refractivity contribution in [3.8, 4) is 0 Å². The van der Waals surface area contributed by atoms with Crippen LogP contribution in [0, 0.1) is 0 Å².